The number of ether oxygens (including phenoxy) is 2. The van der Waals surface area contributed by atoms with Gasteiger partial charge in [-0.3, -0.25) is 24.0 Å². The van der Waals surface area contributed by atoms with E-state index in [2.05, 4.69) is 10.6 Å². The smallest absolute Gasteiger partial charge is 0.334 e. The third-order valence-corrected chi connectivity index (χ3v) is 12.4. The number of nitrogens with zero attached hydrogens (tertiary/aromatic N) is 3. The molecule has 1 aromatic rings. The van der Waals surface area contributed by atoms with Crippen molar-refractivity contribution in [3.63, 3.8) is 0 Å². The highest BCUT2D eigenvalue weighted by atomic mass is 16.6. The van der Waals surface area contributed by atoms with Crippen molar-refractivity contribution in [2.75, 3.05) is 27.7 Å². The van der Waals surface area contributed by atoms with Gasteiger partial charge in [-0.25, -0.2) is 9.59 Å². The summed E-state index contributed by atoms with van der Waals surface area (Å²) in [6.45, 7) is 17.1. The van der Waals surface area contributed by atoms with E-state index in [1.54, 1.807) is 39.0 Å². The SMILES string of the molecule is CC[C@@H](C)[C@@H]1NC(=O)CN(C)C(=O)[C@@H](Cc2ccccc2)N(C)C(=O)[C@H](C)NC(=O)[C@@H]([C@@H](C)CC)OC(=O)/C(C)=C\C[C@H](O)[C@H](C)C[C@H]([C@@H](C)CC)OC(=O)[C@H](C)N(C)C1=O. The Kier molecular flexibility index (Phi) is 21.1. The van der Waals surface area contributed by atoms with Crippen molar-refractivity contribution in [1.82, 2.24) is 25.3 Å². The molecule has 0 unspecified atom stereocenters. The number of esters is 2. The summed E-state index contributed by atoms with van der Waals surface area (Å²) in [6.07, 6.45) is 0.906. The molecular weight excluding hydrogens is 783 g/mol. The van der Waals surface area contributed by atoms with Crippen molar-refractivity contribution in [3.8, 4) is 0 Å². The molecule has 15 nitrogen and oxygen atoms in total. The molecule has 0 aromatic heterocycles. The van der Waals surface area contributed by atoms with Crippen LogP contribution in [0.2, 0.25) is 0 Å². The highest BCUT2D eigenvalue weighted by Crippen LogP contribution is 2.25. The highest BCUT2D eigenvalue weighted by Gasteiger charge is 2.38. The van der Waals surface area contributed by atoms with E-state index in [0.717, 1.165) is 5.56 Å². The minimum atomic E-state index is -1.25. The molecule has 0 saturated carbocycles. The summed E-state index contributed by atoms with van der Waals surface area (Å²) in [7, 11) is 4.35. The van der Waals surface area contributed by atoms with Gasteiger partial charge in [-0.15, -0.1) is 0 Å². The van der Waals surface area contributed by atoms with Crippen LogP contribution in [0.5, 0.6) is 0 Å². The van der Waals surface area contributed by atoms with Crippen molar-refractivity contribution < 1.29 is 48.1 Å². The lowest BCUT2D eigenvalue weighted by atomic mass is 9.88. The molecule has 342 valence electrons. The molecule has 11 atom stereocenters. The van der Waals surface area contributed by atoms with Crippen LogP contribution in [-0.4, -0.2) is 131 Å². The third kappa shape index (κ3) is 15.0. The summed E-state index contributed by atoms with van der Waals surface area (Å²) in [6, 6.07) is 4.73. The molecule has 1 aliphatic heterocycles. The number of cyclic esters (lactones) is 2. The zero-order valence-electron chi connectivity index (χ0n) is 38.7. The van der Waals surface area contributed by atoms with Crippen molar-refractivity contribution in [3.05, 3.63) is 47.5 Å². The van der Waals surface area contributed by atoms with E-state index in [1.807, 2.05) is 52.8 Å². The number of rotatable bonds is 8. The number of benzene rings is 1. The Morgan fingerprint density at radius 2 is 1.36 bits per heavy atom. The van der Waals surface area contributed by atoms with Crippen LogP contribution in [0.1, 0.15) is 107 Å². The summed E-state index contributed by atoms with van der Waals surface area (Å²) in [4.78, 5) is 100. The van der Waals surface area contributed by atoms with Crippen molar-refractivity contribution in [2.24, 2.45) is 23.7 Å². The van der Waals surface area contributed by atoms with Gasteiger partial charge in [0, 0.05) is 39.1 Å². The number of hydrogen-bond donors (Lipinski definition) is 3. The van der Waals surface area contributed by atoms with Crippen molar-refractivity contribution >= 4 is 41.5 Å². The second-order valence-electron chi connectivity index (χ2n) is 17.1. The molecule has 0 radical (unpaired) electrons. The van der Waals surface area contributed by atoms with E-state index >= 15 is 0 Å². The van der Waals surface area contributed by atoms with Gasteiger partial charge in [-0.2, -0.15) is 0 Å². The lowest BCUT2D eigenvalue weighted by Crippen LogP contribution is -2.58. The lowest BCUT2D eigenvalue weighted by molar-refractivity contribution is -0.162. The van der Waals surface area contributed by atoms with Crippen LogP contribution < -0.4 is 10.6 Å². The third-order valence-electron chi connectivity index (χ3n) is 12.4. The number of carbonyl (C=O) groups is 7. The van der Waals surface area contributed by atoms with E-state index in [4.69, 9.17) is 9.47 Å². The second-order valence-corrected chi connectivity index (χ2v) is 17.1. The predicted molar refractivity (Wildman–Crippen MR) is 232 cm³/mol. The fourth-order valence-electron chi connectivity index (χ4n) is 6.96. The number of aliphatic hydroxyl groups excluding tert-OH is 1. The van der Waals surface area contributed by atoms with Gasteiger partial charge in [0.15, 0.2) is 6.10 Å². The zero-order valence-corrected chi connectivity index (χ0v) is 38.7. The first-order valence-electron chi connectivity index (χ1n) is 21.8. The Labute approximate surface area is 363 Å². The first kappa shape index (κ1) is 52.3. The maximum Gasteiger partial charge on any atom is 0.334 e. The van der Waals surface area contributed by atoms with Crippen LogP contribution >= 0.6 is 0 Å². The maximum atomic E-state index is 14.2. The minimum absolute atomic E-state index is 0.0791. The molecule has 15 heteroatoms. The number of likely N-dealkylation sites (N-methyl/N-ethyl adjacent to an activating group) is 3. The van der Waals surface area contributed by atoms with Crippen molar-refractivity contribution in [2.45, 2.75) is 150 Å². The molecule has 0 fully saturated rings. The maximum absolute atomic E-state index is 14.2. The molecule has 2 rings (SSSR count). The second kappa shape index (κ2) is 24.6. The average molecular weight is 856 g/mol. The molecule has 0 aliphatic carbocycles. The topological polar surface area (TPSA) is 192 Å². The van der Waals surface area contributed by atoms with Gasteiger partial charge in [0.25, 0.3) is 5.91 Å². The van der Waals surface area contributed by atoms with E-state index in [9.17, 15) is 38.7 Å². The molecule has 61 heavy (non-hydrogen) atoms. The van der Waals surface area contributed by atoms with Gasteiger partial charge < -0.3 is 39.9 Å². The summed E-state index contributed by atoms with van der Waals surface area (Å²) in [5, 5.41) is 16.7. The number of aliphatic hydroxyl groups is 1. The van der Waals surface area contributed by atoms with Crippen molar-refractivity contribution in [1.29, 1.82) is 0 Å². The van der Waals surface area contributed by atoms with E-state index in [1.165, 1.54) is 49.7 Å². The van der Waals surface area contributed by atoms with E-state index in [0.29, 0.717) is 25.7 Å². The zero-order chi connectivity index (χ0) is 46.3. The Morgan fingerprint density at radius 3 is 1.93 bits per heavy atom. The van der Waals surface area contributed by atoms with Crippen LogP contribution in [-0.2, 0) is 49.5 Å². The van der Waals surface area contributed by atoms with Gasteiger partial charge in [-0.05, 0) is 63.4 Å². The normalized spacial score (nSPS) is 29.3. The Balaban J connectivity index is 2.63. The van der Waals surface area contributed by atoms with E-state index in [-0.39, 0.29) is 36.2 Å². The Bertz CT molecular complexity index is 1690. The first-order valence-corrected chi connectivity index (χ1v) is 21.8. The number of hydrogen-bond acceptors (Lipinski definition) is 10. The number of nitrogens with one attached hydrogen (secondary N) is 2. The molecular formula is C46H73N5O10. The number of carbonyl (C=O) groups excluding carboxylic acids is 7. The fraction of sp³-hybridized carbons (Fsp3) is 0.674. The molecule has 3 N–H and O–H groups in total. The standard InChI is InChI=1S/C46H73N5O10/c1-14-27(4)37-24-31(8)36(52)23-22-30(7)45(58)61-40(29(6)16-3)41(54)47-32(9)42(55)51(13)35(25-34-20-18-17-19-21-34)43(56)49(11)26-38(53)48-39(28(5)15-2)44(57)50(12)33(10)46(59)60-37/h17-22,27-29,31-33,35-37,39-40,52H,14-16,23-26H2,1-13H3,(H,47,54)(H,48,53)/b30-22-/t27-,28+,29-,31+,32-,33-,35+,36-,37+,39-,40+/m0/s1. The molecule has 0 saturated heterocycles. The van der Waals surface area contributed by atoms with Gasteiger partial charge in [0.05, 0.1) is 12.6 Å². The van der Waals surface area contributed by atoms with Gasteiger partial charge in [0.1, 0.15) is 30.3 Å². The summed E-state index contributed by atoms with van der Waals surface area (Å²) in [5.41, 5.74) is 0.920. The van der Waals surface area contributed by atoms with Crippen LogP contribution in [0.4, 0.5) is 0 Å². The van der Waals surface area contributed by atoms with E-state index < -0.39 is 96.4 Å². The van der Waals surface area contributed by atoms with Gasteiger partial charge >= 0.3 is 11.9 Å². The molecule has 1 heterocycles. The Morgan fingerprint density at radius 1 is 0.770 bits per heavy atom. The molecule has 5 amide bonds. The van der Waals surface area contributed by atoms with Crippen LogP contribution in [0.3, 0.4) is 0 Å². The molecule has 0 spiro atoms. The first-order chi connectivity index (χ1) is 28.6. The van der Waals surface area contributed by atoms with Crippen LogP contribution in [0, 0.1) is 23.7 Å². The molecule has 1 aliphatic rings. The van der Waals surface area contributed by atoms with Gasteiger partial charge in [-0.1, -0.05) is 97.7 Å². The predicted octanol–water partition coefficient (Wildman–Crippen LogP) is 4.05. The quantitative estimate of drug-likeness (QED) is 0.322. The molecule has 0 bridgehead atoms. The molecule has 1 aromatic carbocycles. The fourth-order valence-corrected chi connectivity index (χ4v) is 6.96. The largest absolute Gasteiger partial charge is 0.461 e. The average Bonchev–Trinajstić information content (AvgIpc) is 3.25. The van der Waals surface area contributed by atoms with Crippen LogP contribution in [0.15, 0.2) is 42.0 Å². The monoisotopic (exact) mass is 856 g/mol. The van der Waals surface area contributed by atoms with Crippen LogP contribution in [0.25, 0.3) is 0 Å². The number of amides is 5. The van der Waals surface area contributed by atoms with Gasteiger partial charge in [0.2, 0.25) is 23.6 Å². The Hall–Kier alpha value is -4.79. The summed E-state index contributed by atoms with van der Waals surface area (Å²) < 4.78 is 11.8. The highest BCUT2D eigenvalue weighted by molar-refractivity contribution is 5.96. The summed E-state index contributed by atoms with van der Waals surface area (Å²) in [5.74, 6) is -5.62. The summed E-state index contributed by atoms with van der Waals surface area (Å²) >= 11 is 0. The minimum Gasteiger partial charge on any atom is -0.461 e. The lowest BCUT2D eigenvalue weighted by Gasteiger charge is -2.34.